The SMILES string of the molecule is Cc1nc(NC(=O)c2sccc2C2CC2)sc1C. The minimum absolute atomic E-state index is 0.0133. The molecule has 0 radical (unpaired) electrons. The number of aryl methyl sites for hydroxylation is 2. The summed E-state index contributed by atoms with van der Waals surface area (Å²) in [7, 11) is 0. The molecule has 0 bridgehead atoms. The molecule has 3 nitrogen and oxygen atoms in total. The Hall–Kier alpha value is -1.20. The molecule has 0 atom stereocenters. The summed E-state index contributed by atoms with van der Waals surface area (Å²) in [5.41, 5.74) is 2.20. The maximum absolute atomic E-state index is 12.2. The van der Waals surface area contributed by atoms with Crippen LogP contribution in [0.2, 0.25) is 0 Å². The van der Waals surface area contributed by atoms with Crippen LogP contribution in [0, 0.1) is 13.8 Å². The molecule has 0 unspecified atom stereocenters. The summed E-state index contributed by atoms with van der Waals surface area (Å²) in [6.45, 7) is 3.98. The number of nitrogens with zero attached hydrogens (tertiary/aromatic N) is 1. The summed E-state index contributed by atoms with van der Waals surface area (Å²) < 4.78 is 0. The van der Waals surface area contributed by atoms with Crippen LogP contribution < -0.4 is 5.32 Å². The number of thiophene rings is 1. The van der Waals surface area contributed by atoms with Crippen LogP contribution in [0.1, 0.15) is 44.6 Å². The standard InChI is InChI=1S/C13H14N2OS2/c1-7-8(2)18-13(14-7)15-12(16)11-10(5-6-17-11)9-3-4-9/h5-6,9H,3-4H2,1-2H3,(H,14,15,16). The van der Waals surface area contributed by atoms with E-state index in [4.69, 9.17) is 0 Å². The van der Waals surface area contributed by atoms with Crippen LogP contribution in [-0.2, 0) is 0 Å². The molecule has 3 rings (SSSR count). The van der Waals surface area contributed by atoms with Gasteiger partial charge in [0.2, 0.25) is 0 Å². The maximum atomic E-state index is 12.2. The van der Waals surface area contributed by atoms with Gasteiger partial charge in [0.15, 0.2) is 5.13 Å². The summed E-state index contributed by atoms with van der Waals surface area (Å²) in [5.74, 6) is 0.595. The second-order valence-corrected chi connectivity index (χ2v) is 6.71. The number of hydrogen-bond acceptors (Lipinski definition) is 4. The molecule has 0 aromatic carbocycles. The largest absolute Gasteiger partial charge is 0.297 e. The van der Waals surface area contributed by atoms with Crippen LogP contribution in [0.4, 0.5) is 5.13 Å². The molecule has 2 heterocycles. The molecule has 0 saturated heterocycles. The van der Waals surface area contributed by atoms with Gasteiger partial charge in [-0.1, -0.05) is 0 Å². The lowest BCUT2D eigenvalue weighted by Gasteiger charge is -2.02. The molecule has 2 aromatic heterocycles. The average molecular weight is 278 g/mol. The van der Waals surface area contributed by atoms with Crippen molar-refractivity contribution in [1.82, 2.24) is 4.98 Å². The summed E-state index contributed by atoms with van der Waals surface area (Å²) >= 11 is 3.05. The molecular weight excluding hydrogens is 264 g/mol. The van der Waals surface area contributed by atoms with E-state index < -0.39 is 0 Å². The monoisotopic (exact) mass is 278 g/mol. The molecule has 1 fully saturated rings. The van der Waals surface area contributed by atoms with Crippen LogP contribution in [-0.4, -0.2) is 10.9 Å². The van der Waals surface area contributed by atoms with Gasteiger partial charge in [-0.3, -0.25) is 10.1 Å². The first-order chi connectivity index (χ1) is 8.65. The van der Waals surface area contributed by atoms with Crippen molar-refractivity contribution in [3.05, 3.63) is 32.5 Å². The van der Waals surface area contributed by atoms with Crippen molar-refractivity contribution in [3.8, 4) is 0 Å². The van der Waals surface area contributed by atoms with Gasteiger partial charge in [0.25, 0.3) is 5.91 Å². The van der Waals surface area contributed by atoms with Crippen molar-refractivity contribution in [2.75, 3.05) is 5.32 Å². The fraction of sp³-hybridized carbons (Fsp3) is 0.385. The zero-order valence-electron chi connectivity index (χ0n) is 10.3. The lowest BCUT2D eigenvalue weighted by Crippen LogP contribution is -2.11. The third-order valence-corrected chi connectivity index (χ3v) is 5.09. The first kappa shape index (κ1) is 11.9. The van der Waals surface area contributed by atoms with Crippen LogP contribution in [0.15, 0.2) is 11.4 Å². The number of nitrogens with one attached hydrogen (secondary N) is 1. The van der Waals surface area contributed by atoms with Crippen LogP contribution >= 0.6 is 22.7 Å². The Morgan fingerprint density at radius 2 is 2.22 bits per heavy atom. The Bertz CT molecular complexity index is 576. The van der Waals surface area contributed by atoms with Gasteiger partial charge in [-0.2, -0.15) is 0 Å². The molecule has 1 N–H and O–H groups in total. The fourth-order valence-corrected chi connectivity index (χ4v) is 3.59. The number of amides is 1. The van der Waals surface area contributed by atoms with Gasteiger partial charge >= 0.3 is 0 Å². The van der Waals surface area contributed by atoms with E-state index in [2.05, 4.69) is 16.4 Å². The number of thiazole rings is 1. The second kappa shape index (κ2) is 4.48. The van der Waals surface area contributed by atoms with E-state index in [1.807, 2.05) is 19.2 Å². The van der Waals surface area contributed by atoms with E-state index in [1.165, 1.54) is 41.1 Å². The summed E-state index contributed by atoms with van der Waals surface area (Å²) in [6.07, 6.45) is 2.43. The number of carbonyl (C=O) groups excluding carboxylic acids is 1. The lowest BCUT2D eigenvalue weighted by molar-refractivity contribution is 0.102. The van der Waals surface area contributed by atoms with Crippen molar-refractivity contribution >= 4 is 33.7 Å². The predicted molar refractivity (Wildman–Crippen MR) is 75.8 cm³/mol. The average Bonchev–Trinajstić information content (AvgIpc) is 2.96. The molecular formula is C13H14N2OS2. The Kier molecular flexibility index (Phi) is 2.95. The molecule has 0 spiro atoms. The number of anilines is 1. The quantitative estimate of drug-likeness (QED) is 0.923. The molecule has 18 heavy (non-hydrogen) atoms. The van der Waals surface area contributed by atoms with Crippen molar-refractivity contribution < 1.29 is 4.79 Å². The number of rotatable bonds is 3. The zero-order chi connectivity index (χ0) is 12.7. The Morgan fingerprint density at radius 3 is 2.83 bits per heavy atom. The van der Waals surface area contributed by atoms with Gasteiger partial charge in [-0.15, -0.1) is 22.7 Å². The highest BCUT2D eigenvalue weighted by molar-refractivity contribution is 7.16. The van der Waals surface area contributed by atoms with E-state index in [0.29, 0.717) is 11.0 Å². The molecule has 2 aromatic rings. The third kappa shape index (κ3) is 2.20. The highest BCUT2D eigenvalue weighted by Gasteiger charge is 2.29. The van der Waals surface area contributed by atoms with Gasteiger partial charge in [0.05, 0.1) is 10.6 Å². The predicted octanol–water partition coefficient (Wildman–Crippen LogP) is 3.95. The van der Waals surface area contributed by atoms with Crippen molar-refractivity contribution in [1.29, 1.82) is 0 Å². The number of aromatic nitrogens is 1. The number of hydrogen-bond donors (Lipinski definition) is 1. The van der Waals surface area contributed by atoms with Gasteiger partial charge in [0, 0.05) is 4.88 Å². The van der Waals surface area contributed by atoms with Crippen LogP contribution in [0.5, 0.6) is 0 Å². The summed E-state index contributed by atoms with van der Waals surface area (Å²) in [5, 5.41) is 5.61. The summed E-state index contributed by atoms with van der Waals surface area (Å²) in [6, 6.07) is 2.08. The molecule has 94 valence electrons. The normalized spacial score (nSPS) is 14.8. The Balaban J connectivity index is 1.80. The van der Waals surface area contributed by atoms with Gasteiger partial charge < -0.3 is 0 Å². The lowest BCUT2D eigenvalue weighted by atomic mass is 10.1. The zero-order valence-corrected chi connectivity index (χ0v) is 12.0. The maximum Gasteiger partial charge on any atom is 0.267 e. The van der Waals surface area contributed by atoms with Gasteiger partial charge in [-0.25, -0.2) is 4.98 Å². The molecule has 1 aliphatic rings. The van der Waals surface area contributed by atoms with E-state index in [9.17, 15) is 4.79 Å². The van der Waals surface area contributed by atoms with Gasteiger partial charge in [-0.05, 0) is 49.6 Å². The minimum atomic E-state index is -0.0133. The molecule has 1 amide bonds. The Labute approximate surface area is 114 Å². The molecule has 0 aliphatic heterocycles. The van der Waals surface area contributed by atoms with Crippen molar-refractivity contribution in [2.24, 2.45) is 0 Å². The minimum Gasteiger partial charge on any atom is -0.297 e. The highest BCUT2D eigenvalue weighted by Crippen LogP contribution is 2.43. The van der Waals surface area contributed by atoms with E-state index in [-0.39, 0.29) is 5.91 Å². The third-order valence-electron chi connectivity index (χ3n) is 3.17. The molecule has 1 saturated carbocycles. The molecule has 5 heteroatoms. The van der Waals surface area contributed by atoms with Crippen molar-refractivity contribution in [3.63, 3.8) is 0 Å². The first-order valence-corrected chi connectivity index (χ1v) is 7.67. The summed E-state index contributed by atoms with van der Waals surface area (Å²) in [4.78, 5) is 18.6. The fourth-order valence-electron chi connectivity index (χ4n) is 1.90. The van der Waals surface area contributed by atoms with Gasteiger partial charge in [0.1, 0.15) is 0 Å². The molecule has 1 aliphatic carbocycles. The van der Waals surface area contributed by atoms with Crippen LogP contribution in [0.25, 0.3) is 0 Å². The van der Waals surface area contributed by atoms with Crippen molar-refractivity contribution in [2.45, 2.75) is 32.6 Å². The topological polar surface area (TPSA) is 42.0 Å². The Morgan fingerprint density at radius 1 is 1.44 bits per heavy atom. The first-order valence-electron chi connectivity index (χ1n) is 5.98. The van der Waals surface area contributed by atoms with E-state index >= 15 is 0 Å². The highest BCUT2D eigenvalue weighted by atomic mass is 32.1. The van der Waals surface area contributed by atoms with Crippen LogP contribution in [0.3, 0.4) is 0 Å². The van der Waals surface area contributed by atoms with E-state index in [1.54, 1.807) is 0 Å². The second-order valence-electron chi connectivity index (χ2n) is 4.59. The number of carbonyl (C=O) groups is 1. The van der Waals surface area contributed by atoms with E-state index in [0.717, 1.165) is 15.4 Å². The smallest absolute Gasteiger partial charge is 0.267 e.